The molecule has 0 spiro atoms. The molecule has 0 fully saturated rings. The van der Waals surface area contributed by atoms with Gasteiger partial charge in [-0.05, 0) is 18.6 Å². The number of hydrogen-bond donors (Lipinski definition) is 0. The van der Waals surface area contributed by atoms with E-state index in [2.05, 4.69) is 13.5 Å². The lowest BCUT2D eigenvalue weighted by atomic mass is 10.3. The normalized spacial score (nSPS) is 9.89. The number of carbonyl (C=O) groups excluding carboxylic acids is 1. The van der Waals surface area contributed by atoms with E-state index in [-0.39, 0.29) is 5.78 Å². The predicted octanol–water partition coefficient (Wildman–Crippen LogP) is 2.10. The van der Waals surface area contributed by atoms with Crippen molar-refractivity contribution >= 4 is 5.78 Å². The third-order valence-corrected chi connectivity index (χ3v) is 0.939. The number of ketones is 1. The number of unbranched alkanes of at least 4 members (excludes halogenated alkanes) is 1. The Kier molecular flexibility index (Phi) is 4.79. The minimum absolute atomic E-state index is 0.0107. The van der Waals surface area contributed by atoms with Crippen LogP contribution in [0.1, 0.15) is 19.8 Å². The van der Waals surface area contributed by atoms with Crippen LogP contribution in [-0.2, 0) is 4.79 Å². The Labute approximate surface area is 56.1 Å². The predicted molar refractivity (Wildman–Crippen MR) is 39.3 cm³/mol. The highest BCUT2D eigenvalue weighted by atomic mass is 16.1. The molecule has 0 atom stereocenters. The second kappa shape index (κ2) is 5.29. The van der Waals surface area contributed by atoms with Crippen molar-refractivity contribution in [3.63, 3.8) is 0 Å². The standard InChI is InChI=1S/C8H12O/c1-3-5-6-7-8(9)4-2/h4,6-7H,2-3,5H2,1H3. The summed E-state index contributed by atoms with van der Waals surface area (Å²) in [4.78, 5) is 10.5. The van der Waals surface area contributed by atoms with Gasteiger partial charge in [0.15, 0.2) is 5.78 Å². The highest BCUT2D eigenvalue weighted by molar-refractivity contribution is 5.98. The lowest BCUT2D eigenvalue weighted by Crippen LogP contribution is -1.81. The molecule has 0 aromatic heterocycles. The average molecular weight is 124 g/mol. The first-order valence-electron chi connectivity index (χ1n) is 3.14. The quantitative estimate of drug-likeness (QED) is 0.524. The maximum Gasteiger partial charge on any atom is 0.177 e. The topological polar surface area (TPSA) is 17.1 Å². The fraction of sp³-hybridized carbons (Fsp3) is 0.375. The largest absolute Gasteiger partial charge is 0.290 e. The minimum Gasteiger partial charge on any atom is -0.290 e. The van der Waals surface area contributed by atoms with Gasteiger partial charge in [-0.3, -0.25) is 4.79 Å². The molecule has 0 amide bonds. The zero-order valence-corrected chi connectivity index (χ0v) is 5.76. The molecule has 0 rings (SSSR count). The molecule has 1 nitrogen and oxygen atoms in total. The van der Waals surface area contributed by atoms with Crippen LogP contribution in [0.15, 0.2) is 24.8 Å². The van der Waals surface area contributed by atoms with Crippen molar-refractivity contribution in [3.8, 4) is 0 Å². The number of carbonyl (C=O) groups is 1. The third-order valence-electron chi connectivity index (χ3n) is 0.939. The summed E-state index contributed by atoms with van der Waals surface area (Å²) in [5, 5.41) is 0. The Morgan fingerprint density at radius 3 is 2.78 bits per heavy atom. The van der Waals surface area contributed by atoms with E-state index in [0.29, 0.717) is 0 Å². The van der Waals surface area contributed by atoms with Crippen molar-refractivity contribution in [1.82, 2.24) is 0 Å². The Morgan fingerprint density at radius 2 is 2.33 bits per heavy atom. The maximum atomic E-state index is 10.5. The molecular formula is C8H12O. The summed E-state index contributed by atoms with van der Waals surface area (Å²) in [6.45, 7) is 5.41. The number of hydrogen-bond acceptors (Lipinski definition) is 1. The molecule has 0 aliphatic carbocycles. The molecule has 0 heterocycles. The molecule has 0 N–H and O–H groups in total. The van der Waals surface area contributed by atoms with Gasteiger partial charge >= 0.3 is 0 Å². The van der Waals surface area contributed by atoms with Gasteiger partial charge in [-0.2, -0.15) is 0 Å². The first-order valence-corrected chi connectivity index (χ1v) is 3.14. The van der Waals surface area contributed by atoms with Crippen LogP contribution >= 0.6 is 0 Å². The van der Waals surface area contributed by atoms with Crippen molar-refractivity contribution in [2.45, 2.75) is 19.8 Å². The molecule has 50 valence electrons. The van der Waals surface area contributed by atoms with Gasteiger partial charge in [-0.15, -0.1) is 0 Å². The van der Waals surface area contributed by atoms with Gasteiger partial charge in [0.2, 0.25) is 0 Å². The van der Waals surface area contributed by atoms with Crippen LogP contribution in [0.4, 0.5) is 0 Å². The fourth-order valence-corrected chi connectivity index (χ4v) is 0.434. The van der Waals surface area contributed by atoms with Crippen molar-refractivity contribution in [2.75, 3.05) is 0 Å². The van der Waals surface area contributed by atoms with E-state index in [0.717, 1.165) is 12.8 Å². The Morgan fingerprint density at radius 1 is 1.67 bits per heavy atom. The smallest absolute Gasteiger partial charge is 0.177 e. The van der Waals surface area contributed by atoms with Gasteiger partial charge in [0, 0.05) is 0 Å². The SMILES string of the molecule is C=CC(=O)C=CCCC. The average Bonchev–Trinajstić information content (AvgIpc) is 1.89. The number of allylic oxidation sites excluding steroid dienone is 3. The van der Waals surface area contributed by atoms with Gasteiger partial charge in [-0.25, -0.2) is 0 Å². The first-order chi connectivity index (χ1) is 4.31. The molecule has 0 radical (unpaired) electrons. The van der Waals surface area contributed by atoms with E-state index in [1.165, 1.54) is 6.08 Å². The number of rotatable bonds is 4. The van der Waals surface area contributed by atoms with Crippen molar-refractivity contribution < 1.29 is 4.79 Å². The lowest BCUT2D eigenvalue weighted by molar-refractivity contribution is -0.110. The van der Waals surface area contributed by atoms with Crippen molar-refractivity contribution in [1.29, 1.82) is 0 Å². The zero-order valence-electron chi connectivity index (χ0n) is 5.76. The Balaban J connectivity index is 3.44. The fourth-order valence-electron chi connectivity index (χ4n) is 0.434. The lowest BCUT2D eigenvalue weighted by Gasteiger charge is -1.81. The third kappa shape index (κ3) is 5.01. The molecule has 0 saturated heterocycles. The van der Waals surface area contributed by atoms with Crippen LogP contribution in [0.5, 0.6) is 0 Å². The van der Waals surface area contributed by atoms with E-state index in [4.69, 9.17) is 0 Å². The summed E-state index contributed by atoms with van der Waals surface area (Å²) in [6.07, 6.45) is 6.78. The van der Waals surface area contributed by atoms with Crippen molar-refractivity contribution in [3.05, 3.63) is 24.8 Å². The molecule has 0 aliphatic rings. The van der Waals surface area contributed by atoms with Gasteiger partial charge < -0.3 is 0 Å². The van der Waals surface area contributed by atoms with E-state index >= 15 is 0 Å². The highest BCUT2D eigenvalue weighted by Gasteiger charge is 1.82. The summed E-state index contributed by atoms with van der Waals surface area (Å²) in [7, 11) is 0. The zero-order chi connectivity index (χ0) is 7.11. The monoisotopic (exact) mass is 124 g/mol. The molecule has 0 aromatic rings. The molecule has 0 aromatic carbocycles. The first kappa shape index (κ1) is 8.15. The van der Waals surface area contributed by atoms with Crippen LogP contribution in [-0.4, -0.2) is 5.78 Å². The Hall–Kier alpha value is -0.850. The molecule has 0 aliphatic heterocycles. The van der Waals surface area contributed by atoms with E-state index in [1.807, 2.05) is 6.08 Å². The second-order valence-electron chi connectivity index (χ2n) is 1.80. The molecule has 0 unspecified atom stereocenters. The summed E-state index contributed by atoms with van der Waals surface area (Å²) in [6, 6.07) is 0. The van der Waals surface area contributed by atoms with E-state index in [9.17, 15) is 4.79 Å². The molecular weight excluding hydrogens is 112 g/mol. The molecule has 0 saturated carbocycles. The van der Waals surface area contributed by atoms with Gasteiger partial charge in [0.25, 0.3) is 0 Å². The van der Waals surface area contributed by atoms with E-state index in [1.54, 1.807) is 6.08 Å². The van der Waals surface area contributed by atoms with Crippen LogP contribution < -0.4 is 0 Å². The van der Waals surface area contributed by atoms with Gasteiger partial charge in [0.05, 0.1) is 0 Å². The summed E-state index contributed by atoms with van der Waals surface area (Å²) < 4.78 is 0. The maximum absolute atomic E-state index is 10.5. The summed E-state index contributed by atoms with van der Waals surface area (Å²) in [5.41, 5.74) is 0. The van der Waals surface area contributed by atoms with Gasteiger partial charge in [-0.1, -0.05) is 26.0 Å². The van der Waals surface area contributed by atoms with Gasteiger partial charge in [0.1, 0.15) is 0 Å². The van der Waals surface area contributed by atoms with Crippen LogP contribution in [0.2, 0.25) is 0 Å². The van der Waals surface area contributed by atoms with Crippen LogP contribution in [0.25, 0.3) is 0 Å². The van der Waals surface area contributed by atoms with Crippen LogP contribution in [0.3, 0.4) is 0 Å². The molecule has 0 bridgehead atoms. The van der Waals surface area contributed by atoms with Crippen LogP contribution in [0, 0.1) is 0 Å². The summed E-state index contributed by atoms with van der Waals surface area (Å²) in [5.74, 6) is -0.0107. The van der Waals surface area contributed by atoms with Crippen molar-refractivity contribution in [2.24, 2.45) is 0 Å². The van der Waals surface area contributed by atoms with E-state index < -0.39 is 0 Å². The molecule has 9 heavy (non-hydrogen) atoms. The summed E-state index contributed by atoms with van der Waals surface area (Å²) >= 11 is 0. The highest BCUT2D eigenvalue weighted by Crippen LogP contribution is 1.88. The second-order valence-corrected chi connectivity index (χ2v) is 1.80. The minimum atomic E-state index is -0.0107. The Bertz CT molecular complexity index is 123. The molecule has 1 heteroatoms.